The molecule has 0 saturated carbocycles. The number of benzene rings is 1. The van der Waals surface area contributed by atoms with Gasteiger partial charge in [-0.25, -0.2) is 9.67 Å². The lowest BCUT2D eigenvalue weighted by Crippen LogP contribution is -2.58. The number of ether oxygens (including phenoxy) is 1. The standard InChI is InChI=1S/C21H23N9O/c1-29(15-7-13-11-31-12-14(8-15)25-13)21-22-10-18(26-28-21)16-3-4-19(30-6-2-5-24-30)20-17(16)9-23-27-20/h2-6,9-10,13-15,25H,7-8,11-12H2,1H3,(H,23,27)/t13-,14-/m1/s1. The predicted molar refractivity (Wildman–Crippen MR) is 115 cm³/mol. The molecule has 0 radical (unpaired) electrons. The van der Waals surface area contributed by atoms with Crippen molar-refractivity contribution in [3.05, 3.63) is 43.0 Å². The van der Waals surface area contributed by atoms with E-state index in [0.717, 1.165) is 48.2 Å². The summed E-state index contributed by atoms with van der Waals surface area (Å²) < 4.78 is 7.47. The lowest BCUT2D eigenvalue weighted by molar-refractivity contribution is 0.0182. The van der Waals surface area contributed by atoms with Crippen LogP contribution < -0.4 is 10.2 Å². The monoisotopic (exact) mass is 417 g/mol. The van der Waals surface area contributed by atoms with Crippen LogP contribution in [0.25, 0.3) is 27.8 Å². The Morgan fingerprint density at radius 3 is 2.74 bits per heavy atom. The van der Waals surface area contributed by atoms with Crippen molar-refractivity contribution in [2.45, 2.75) is 31.0 Å². The van der Waals surface area contributed by atoms with Gasteiger partial charge in [-0.2, -0.15) is 10.2 Å². The summed E-state index contributed by atoms with van der Waals surface area (Å²) in [6.07, 6.45) is 9.28. The molecule has 2 aliphatic heterocycles. The van der Waals surface area contributed by atoms with Crippen molar-refractivity contribution in [1.29, 1.82) is 0 Å². The van der Waals surface area contributed by atoms with Gasteiger partial charge in [-0.15, -0.1) is 10.2 Å². The van der Waals surface area contributed by atoms with Crippen molar-refractivity contribution in [3.8, 4) is 16.9 Å². The van der Waals surface area contributed by atoms with Crippen LogP contribution >= 0.6 is 0 Å². The molecule has 10 heteroatoms. The molecule has 2 saturated heterocycles. The molecule has 158 valence electrons. The number of aromatic nitrogens is 7. The quantitative estimate of drug-likeness (QED) is 0.515. The lowest BCUT2D eigenvalue weighted by Gasteiger charge is -2.43. The minimum Gasteiger partial charge on any atom is -0.378 e. The number of H-pyrrole nitrogens is 1. The normalized spacial score (nSPS) is 23.2. The fourth-order valence-electron chi connectivity index (χ4n) is 4.69. The third kappa shape index (κ3) is 3.24. The topological polar surface area (TPSA) is 110 Å². The van der Waals surface area contributed by atoms with Crippen LogP contribution in [0, 0.1) is 0 Å². The molecule has 5 heterocycles. The number of nitrogens with zero attached hydrogens (tertiary/aromatic N) is 7. The van der Waals surface area contributed by atoms with Crippen molar-refractivity contribution in [1.82, 2.24) is 40.5 Å². The largest absolute Gasteiger partial charge is 0.378 e. The molecule has 2 N–H and O–H groups in total. The highest BCUT2D eigenvalue weighted by Crippen LogP contribution is 2.30. The zero-order chi connectivity index (χ0) is 20.8. The van der Waals surface area contributed by atoms with Gasteiger partial charge in [0, 0.05) is 48.5 Å². The Morgan fingerprint density at radius 1 is 1.13 bits per heavy atom. The fraction of sp³-hybridized carbons (Fsp3) is 0.381. The summed E-state index contributed by atoms with van der Waals surface area (Å²) in [5.74, 6) is 0.645. The highest BCUT2D eigenvalue weighted by Gasteiger charge is 2.34. The van der Waals surface area contributed by atoms with Gasteiger partial charge in [-0.05, 0) is 31.0 Å². The Balaban J connectivity index is 1.28. The maximum absolute atomic E-state index is 5.66. The molecule has 10 nitrogen and oxygen atoms in total. The first-order valence-corrected chi connectivity index (χ1v) is 10.5. The summed E-state index contributed by atoms with van der Waals surface area (Å²) in [6.45, 7) is 1.54. The zero-order valence-corrected chi connectivity index (χ0v) is 17.1. The summed E-state index contributed by atoms with van der Waals surface area (Å²) in [5.41, 5.74) is 3.47. The number of hydrogen-bond donors (Lipinski definition) is 2. The maximum atomic E-state index is 5.66. The zero-order valence-electron chi connectivity index (χ0n) is 17.1. The van der Waals surface area contributed by atoms with Gasteiger partial charge >= 0.3 is 0 Å². The van der Waals surface area contributed by atoms with E-state index in [1.165, 1.54) is 0 Å². The molecular weight excluding hydrogens is 394 g/mol. The van der Waals surface area contributed by atoms with Crippen LogP contribution in [0.5, 0.6) is 0 Å². The average molecular weight is 417 g/mol. The molecule has 1 aromatic carbocycles. The van der Waals surface area contributed by atoms with Crippen molar-refractivity contribution in [3.63, 3.8) is 0 Å². The molecular formula is C21H23N9O. The molecule has 2 aliphatic rings. The second-order valence-electron chi connectivity index (χ2n) is 8.22. The van der Waals surface area contributed by atoms with Crippen LogP contribution in [0.3, 0.4) is 0 Å². The van der Waals surface area contributed by atoms with Crippen LogP contribution in [-0.2, 0) is 4.74 Å². The third-order valence-electron chi connectivity index (χ3n) is 6.26. The van der Waals surface area contributed by atoms with Gasteiger partial charge in [0.25, 0.3) is 0 Å². The van der Waals surface area contributed by atoms with Gasteiger partial charge in [-0.3, -0.25) is 5.10 Å². The minimum atomic E-state index is 0.377. The number of fused-ring (bicyclic) bond motifs is 3. The van der Waals surface area contributed by atoms with E-state index in [9.17, 15) is 0 Å². The van der Waals surface area contributed by atoms with Crippen molar-refractivity contribution >= 4 is 16.9 Å². The van der Waals surface area contributed by atoms with E-state index in [0.29, 0.717) is 29.8 Å². The number of rotatable bonds is 4. The fourth-order valence-corrected chi connectivity index (χ4v) is 4.69. The van der Waals surface area contributed by atoms with Gasteiger partial charge in [-0.1, -0.05) is 0 Å². The first-order valence-electron chi connectivity index (χ1n) is 10.5. The third-order valence-corrected chi connectivity index (χ3v) is 6.26. The van der Waals surface area contributed by atoms with Gasteiger partial charge < -0.3 is 15.0 Å². The highest BCUT2D eigenvalue weighted by atomic mass is 16.5. The molecule has 31 heavy (non-hydrogen) atoms. The molecule has 4 aromatic rings. The van der Waals surface area contributed by atoms with Gasteiger partial charge in [0.05, 0.1) is 36.8 Å². The Morgan fingerprint density at radius 2 is 2.00 bits per heavy atom. The summed E-state index contributed by atoms with van der Waals surface area (Å²) in [4.78, 5) is 6.79. The van der Waals surface area contributed by atoms with Crippen LogP contribution in [0.2, 0.25) is 0 Å². The van der Waals surface area contributed by atoms with E-state index in [-0.39, 0.29) is 0 Å². The average Bonchev–Trinajstić information content (AvgIpc) is 3.50. The molecule has 0 amide bonds. The first-order chi connectivity index (χ1) is 15.3. The van der Waals surface area contributed by atoms with E-state index in [2.05, 4.69) is 47.7 Å². The second kappa shape index (κ2) is 7.40. The highest BCUT2D eigenvalue weighted by molar-refractivity contribution is 5.97. The van der Waals surface area contributed by atoms with E-state index < -0.39 is 0 Å². The first kappa shape index (κ1) is 18.4. The molecule has 2 bridgehead atoms. The van der Waals surface area contributed by atoms with Crippen molar-refractivity contribution in [2.24, 2.45) is 0 Å². The minimum absolute atomic E-state index is 0.377. The van der Waals surface area contributed by atoms with Gasteiger partial charge in [0.2, 0.25) is 5.95 Å². The summed E-state index contributed by atoms with van der Waals surface area (Å²) >= 11 is 0. The number of aromatic amines is 1. The van der Waals surface area contributed by atoms with E-state index in [1.807, 2.05) is 29.1 Å². The second-order valence-corrected chi connectivity index (χ2v) is 8.22. The predicted octanol–water partition coefficient (Wildman–Crippen LogP) is 1.56. The molecule has 0 aliphatic carbocycles. The molecule has 0 unspecified atom stereocenters. The summed E-state index contributed by atoms with van der Waals surface area (Å²) in [5, 5.41) is 25.2. The number of nitrogens with one attached hydrogen (secondary N) is 2. The van der Waals surface area contributed by atoms with Gasteiger partial charge in [0.15, 0.2) is 0 Å². The van der Waals surface area contributed by atoms with Crippen molar-refractivity contribution in [2.75, 3.05) is 25.2 Å². The molecule has 2 atom stereocenters. The van der Waals surface area contributed by atoms with E-state index >= 15 is 0 Å². The Kier molecular flexibility index (Phi) is 4.39. The number of morpholine rings is 1. The Labute approximate surface area is 178 Å². The lowest BCUT2D eigenvalue weighted by atomic mass is 9.92. The van der Waals surface area contributed by atoms with Gasteiger partial charge in [0.1, 0.15) is 5.69 Å². The molecule has 6 rings (SSSR count). The molecule has 3 aromatic heterocycles. The number of piperidine rings is 1. The number of hydrogen-bond acceptors (Lipinski definition) is 8. The van der Waals surface area contributed by atoms with Crippen LogP contribution in [0.15, 0.2) is 43.0 Å². The van der Waals surface area contributed by atoms with E-state index in [4.69, 9.17) is 4.74 Å². The molecule has 0 spiro atoms. The Hall–Kier alpha value is -3.37. The van der Waals surface area contributed by atoms with E-state index in [1.54, 1.807) is 18.6 Å². The summed E-state index contributed by atoms with van der Waals surface area (Å²) in [7, 11) is 2.05. The number of anilines is 1. The van der Waals surface area contributed by atoms with Crippen molar-refractivity contribution < 1.29 is 4.74 Å². The Bertz CT molecular complexity index is 1180. The molecule has 2 fully saturated rings. The van der Waals surface area contributed by atoms with Crippen LogP contribution in [0.4, 0.5) is 5.95 Å². The van der Waals surface area contributed by atoms with Crippen LogP contribution in [-0.4, -0.2) is 73.5 Å². The SMILES string of the molecule is CN(c1ncc(-c2ccc(-n3cccn3)c3[nH]ncc23)nn1)C1C[C@@H]2COC[C@@H](C1)N2. The smallest absolute Gasteiger partial charge is 0.245 e. The summed E-state index contributed by atoms with van der Waals surface area (Å²) in [6, 6.07) is 7.08. The van der Waals surface area contributed by atoms with Crippen LogP contribution in [0.1, 0.15) is 12.8 Å². The maximum Gasteiger partial charge on any atom is 0.245 e.